The number of piperazine rings is 1. The molecule has 1 amide bonds. The number of aromatic nitrogens is 1. The van der Waals surface area contributed by atoms with Crippen molar-refractivity contribution in [1.82, 2.24) is 9.80 Å². The number of halogens is 1. The third-order valence-corrected chi connectivity index (χ3v) is 4.62. The van der Waals surface area contributed by atoms with Crippen LogP contribution >= 0.6 is 0 Å². The largest absolute Gasteiger partial charge is 1.00 e. The van der Waals surface area contributed by atoms with Crippen molar-refractivity contribution in [1.29, 1.82) is 0 Å². The van der Waals surface area contributed by atoms with Gasteiger partial charge in [0.1, 0.15) is 0 Å². The summed E-state index contributed by atoms with van der Waals surface area (Å²) >= 11 is 0. The first-order valence-electron chi connectivity index (χ1n) is 8.70. The Hall–Kier alpha value is -1.72. The fourth-order valence-corrected chi connectivity index (χ4v) is 3.06. The molecule has 2 heterocycles. The van der Waals surface area contributed by atoms with E-state index in [9.17, 15) is 4.79 Å². The molecule has 25 heavy (non-hydrogen) atoms. The minimum Gasteiger partial charge on any atom is -1.00 e. The Bertz CT molecular complexity index is 652. The van der Waals surface area contributed by atoms with E-state index in [0.29, 0.717) is 6.42 Å². The molecular formula is C20H26BrN3O. The van der Waals surface area contributed by atoms with Gasteiger partial charge in [-0.1, -0.05) is 30.3 Å². The second-order valence-electron chi connectivity index (χ2n) is 6.51. The molecule has 0 atom stereocenters. The fraction of sp³-hybridized carbons (Fsp3) is 0.400. The van der Waals surface area contributed by atoms with Crippen LogP contribution in [0.4, 0.5) is 0 Å². The van der Waals surface area contributed by atoms with Crippen molar-refractivity contribution in [2.45, 2.75) is 26.4 Å². The van der Waals surface area contributed by atoms with Gasteiger partial charge >= 0.3 is 0 Å². The molecule has 1 aliphatic rings. The first kappa shape index (κ1) is 19.6. The molecule has 0 saturated carbocycles. The van der Waals surface area contributed by atoms with Crippen LogP contribution in [0.5, 0.6) is 0 Å². The number of carbonyl (C=O) groups excluding carboxylic acids is 1. The molecular weight excluding hydrogens is 378 g/mol. The SMILES string of the molecule is Cc1cc[n+](CCC(=O)N2CCN(Cc3ccccc3)CC2)cc1.[Br-]. The number of nitrogens with zero attached hydrogens (tertiary/aromatic N) is 3. The van der Waals surface area contributed by atoms with Gasteiger partial charge in [0, 0.05) is 44.9 Å². The zero-order chi connectivity index (χ0) is 16.8. The topological polar surface area (TPSA) is 27.4 Å². The maximum absolute atomic E-state index is 12.4. The zero-order valence-corrected chi connectivity index (χ0v) is 16.4. The molecule has 4 nitrogen and oxygen atoms in total. The molecule has 5 heteroatoms. The fourth-order valence-electron chi connectivity index (χ4n) is 3.06. The number of aryl methyl sites for hydroxylation is 2. The molecule has 134 valence electrons. The number of hydrogen-bond acceptors (Lipinski definition) is 2. The maximum atomic E-state index is 12.4. The summed E-state index contributed by atoms with van der Waals surface area (Å²) in [5, 5.41) is 0. The Morgan fingerprint density at radius 1 is 1.00 bits per heavy atom. The molecule has 2 aromatic rings. The molecule has 1 fully saturated rings. The van der Waals surface area contributed by atoms with Gasteiger partial charge in [-0.05, 0) is 18.1 Å². The Kier molecular flexibility index (Phi) is 7.59. The summed E-state index contributed by atoms with van der Waals surface area (Å²) < 4.78 is 2.08. The van der Waals surface area contributed by atoms with Gasteiger partial charge in [-0.15, -0.1) is 0 Å². The van der Waals surface area contributed by atoms with Gasteiger partial charge < -0.3 is 21.9 Å². The van der Waals surface area contributed by atoms with Gasteiger partial charge in [-0.2, -0.15) is 0 Å². The van der Waals surface area contributed by atoms with Gasteiger partial charge in [0.05, 0.1) is 6.42 Å². The Balaban J connectivity index is 0.00000225. The standard InChI is InChI=1S/C20H26N3O.BrH/c1-18-7-10-21(11-8-18)12-9-20(24)23-15-13-22(14-16-23)17-19-5-3-2-4-6-19;/h2-8,10-11H,9,12-17H2,1H3;1H/q+1;/p-1. The van der Waals surface area contributed by atoms with E-state index in [2.05, 4.69) is 52.8 Å². The lowest BCUT2D eigenvalue weighted by molar-refractivity contribution is -0.696. The number of hydrogen-bond donors (Lipinski definition) is 0. The van der Waals surface area contributed by atoms with E-state index in [1.54, 1.807) is 0 Å². The summed E-state index contributed by atoms with van der Waals surface area (Å²) in [6.45, 7) is 7.39. The molecule has 0 radical (unpaired) electrons. The molecule has 1 saturated heterocycles. The first-order valence-corrected chi connectivity index (χ1v) is 8.70. The van der Waals surface area contributed by atoms with Crippen molar-refractivity contribution in [3.8, 4) is 0 Å². The minimum atomic E-state index is 0. The second-order valence-corrected chi connectivity index (χ2v) is 6.51. The van der Waals surface area contributed by atoms with Crippen molar-refractivity contribution in [3.63, 3.8) is 0 Å². The average molecular weight is 404 g/mol. The van der Waals surface area contributed by atoms with Crippen LogP contribution in [0.25, 0.3) is 0 Å². The monoisotopic (exact) mass is 403 g/mol. The molecule has 0 N–H and O–H groups in total. The molecule has 0 unspecified atom stereocenters. The number of amides is 1. The van der Waals surface area contributed by atoms with E-state index >= 15 is 0 Å². The van der Waals surface area contributed by atoms with E-state index < -0.39 is 0 Å². The third kappa shape index (κ3) is 5.94. The van der Waals surface area contributed by atoms with Crippen LogP contribution in [-0.4, -0.2) is 41.9 Å². The molecule has 1 aromatic heterocycles. The quantitative estimate of drug-likeness (QED) is 0.600. The normalized spacial score (nSPS) is 14.8. The molecule has 0 aliphatic carbocycles. The summed E-state index contributed by atoms with van der Waals surface area (Å²) in [7, 11) is 0. The van der Waals surface area contributed by atoms with Crippen LogP contribution in [0.1, 0.15) is 17.5 Å². The van der Waals surface area contributed by atoms with Gasteiger partial charge in [0.15, 0.2) is 18.9 Å². The van der Waals surface area contributed by atoms with Crippen molar-refractivity contribution < 1.29 is 26.3 Å². The van der Waals surface area contributed by atoms with Crippen molar-refractivity contribution in [2.75, 3.05) is 26.2 Å². The van der Waals surface area contributed by atoms with E-state index in [1.807, 2.05) is 23.4 Å². The lowest BCUT2D eigenvalue weighted by Gasteiger charge is -2.34. The Morgan fingerprint density at radius 2 is 1.64 bits per heavy atom. The Labute approximate surface area is 160 Å². The third-order valence-electron chi connectivity index (χ3n) is 4.62. The summed E-state index contributed by atoms with van der Waals surface area (Å²) in [4.78, 5) is 16.8. The van der Waals surface area contributed by atoms with Gasteiger partial charge in [-0.25, -0.2) is 4.57 Å². The van der Waals surface area contributed by atoms with Crippen molar-refractivity contribution >= 4 is 5.91 Å². The van der Waals surface area contributed by atoms with Crippen LogP contribution in [-0.2, 0) is 17.9 Å². The highest BCUT2D eigenvalue weighted by molar-refractivity contribution is 5.76. The smallest absolute Gasteiger partial charge is 0.229 e. The Morgan fingerprint density at radius 3 is 2.28 bits per heavy atom. The summed E-state index contributed by atoms with van der Waals surface area (Å²) in [5.74, 6) is 0.266. The molecule has 3 rings (SSSR count). The van der Waals surface area contributed by atoms with Crippen LogP contribution in [0, 0.1) is 6.92 Å². The van der Waals surface area contributed by atoms with E-state index in [4.69, 9.17) is 0 Å². The van der Waals surface area contributed by atoms with Gasteiger partial charge in [-0.3, -0.25) is 9.69 Å². The highest BCUT2D eigenvalue weighted by Gasteiger charge is 2.21. The van der Waals surface area contributed by atoms with Gasteiger partial charge in [0.25, 0.3) is 0 Å². The predicted octanol–water partition coefficient (Wildman–Crippen LogP) is -0.979. The van der Waals surface area contributed by atoms with Crippen molar-refractivity contribution in [2.24, 2.45) is 0 Å². The number of benzene rings is 1. The average Bonchev–Trinajstić information content (AvgIpc) is 2.62. The van der Waals surface area contributed by atoms with Crippen LogP contribution in [0.15, 0.2) is 54.9 Å². The number of rotatable bonds is 5. The first-order chi connectivity index (χ1) is 11.7. The minimum absolute atomic E-state index is 0. The maximum Gasteiger partial charge on any atom is 0.229 e. The highest BCUT2D eigenvalue weighted by atomic mass is 79.9. The van der Waals surface area contributed by atoms with Gasteiger partial charge in [0.2, 0.25) is 5.91 Å². The van der Waals surface area contributed by atoms with Crippen LogP contribution in [0.3, 0.4) is 0 Å². The summed E-state index contributed by atoms with van der Waals surface area (Å²) in [6.07, 6.45) is 4.66. The molecule has 1 aliphatic heterocycles. The summed E-state index contributed by atoms with van der Waals surface area (Å²) in [6, 6.07) is 14.7. The number of carbonyl (C=O) groups is 1. The van der Waals surface area contributed by atoms with Crippen molar-refractivity contribution in [3.05, 3.63) is 66.0 Å². The molecule has 0 bridgehead atoms. The highest BCUT2D eigenvalue weighted by Crippen LogP contribution is 2.09. The van der Waals surface area contributed by atoms with Crippen LogP contribution in [0.2, 0.25) is 0 Å². The van der Waals surface area contributed by atoms with Crippen LogP contribution < -0.4 is 21.5 Å². The predicted molar refractivity (Wildman–Crippen MR) is 94.3 cm³/mol. The van der Waals surface area contributed by atoms with E-state index in [1.165, 1.54) is 11.1 Å². The molecule has 0 spiro atoms. The van der Waals surface area contributed by atoms with E-state index in [-0.39, 0.29) is 22.9 Å². The summed E-state index contributed by atoms with van der Waals surface area (Å²) in [5.41, 5.74) is 2.58. The lowest BCUT2D eigenvalue weighted by atomic mass is 10.2. The number of pyridine rings is 1. The molecule has 1 aromatic carbocycles. The zero-order valence-electron chi connectivity index (χ0n) is 14.8. The lowest BCUT2D eigenvalue weighted by Crippen LogP contribution is -3.00. The second kappa shape index (κ2) is 9.68. The van der Waals surface area contributed by atoms with E-state index in [0.717, 1.165) is 39.3 Å².